The molecule has 3 aromatic rings. The molecule has 0 saturated heterocycles. The van der Waals surface area contributed by atoms with Gasteiger partial charge in [0.1, 0.15) is 12.9 Å². The Morgan fingerprint density at radius 1 is 1.19 bits per heavy atom. The standard InChI is InChI=1S/C19H18N4O3/c1-25-17-9-14(15-10-18(24)22-19-20-12-21-23(15)19)7-8-16(17)26-11-13-5-3-2-4-6-13/h2-9,12,15H,10-11H2,1H3,(H,20,21,22,24)/t15-/m0/s1. The summed E-state index contributed by atoms with van der Waals surface area (Å²) in [6.45, 7) is 0.454. The summed E-state index contributed by atoms with van der Waals surface area (Å²) < 4.78 is 13.1. The lowest BCUT2D eigenvalue weighted by atomic mass is 10.0. The molecule has 132 valence electrons. The Bertz CT molecular complexity index is 924. The number of methoxy groups -OCH3 is 1. The molecule has 4 rings (SSSR count). The highest BCUT2D eigenvalue weighted by atomic mass is 16.5. The van der Waals surface area contributed by atoms with Crippen molar-refractivity contribution >= 4 is 11.9 Å². The molecule has 1 atom stereocenters. The quantitative estimate of drug-likeness (QED) is 0.765. The fourth-order valence-electron chi connectivity index (χ4n) is 3.01. The van der Waals surface area contributed by atoms with Crippen LogP contribution in [0, 0.1) is 0 Å². The van der Waals surface area contributed by atoms with Crippen LogP contribution in [0.5, 0.6) is 11.5 Å². The molecule has 1 aliphatic rings. The van der Waals surface area contributed by atoms with E-state index >= 15 is 0 Å². The van der Waals surface area contributed by atoms with Crippen LogP contribution in [-0.2, 0) is 11.4 Å². The summed E-state index contributed by atoms with van der Waals surface area (Å²) in [6.07, 6.45) is 1.73. The highest BCUT2D eigenvalue weighted by Gasteiger charge is 2.28. The Balaban J connectivity index is 1.59. The van der Waals surface area contributed by atoms with Crippen molar-refractivity contribution in [3.8, 4) is 11.5 Å². The van der Waals surface area contributed by atoms with Crippen LogP contribution in [0.25, 0.3) is 0 Å². The van der Waals surface area contributed by atoms with Crippen molar-refractivity contribution in [3.05, 3.63) is 66.0 Å². The molecule has 0 radical (unpaired) electrons. The van der Waals surface area contributed by atoms with E-state index in [-0.39, 0.29) is 11.9 Å². The van der Waals surface area contributed by atoms with E-state index in [0.717, 1.165) is 11.1 Å². The Morgan fingerprint density at radius 3 is 2.85 bits per heavy atom. The lowest BCUT2D eigenvalue weighted by Gasteiger charge is -2.24. The van der Waals surface area contributed by atoms with Crippen LogP contribution in [0.15, 0.2) is 54.9 Å². The van der Waals surface area contributed by atoms with Crippen LogP contribution in [0.1, 0.15) is 23.6 Å². The summed E-state index contributed by atoms with van der Waals surface area (Å²) in [5, 5.41) is 6.93. The number of hydrogen-bond acceptors (Lipinski definition) is 5. The van der Waals surface area contributed by atoms with E-state index in [1.807, 2.05) is 48.5 Å². The minimum absolute atomic E-state index is 0.0844. The second-order valence-electron chi connectivity index (χ2n) is 5.98. The van der Waals surface area contributed by atoms with Crippen LogP contribution in [-0.4, -0.2) is 27.8 Å². The van der Waals surface area contributed by atoms with E-state index in [4.69, 9.17) is 9.47 Å². The molecular weight excluding hydrogens is 332 g/mol. The fourth-order valence-corrected chi connectivity index (χ4v) is 3.01. The van der Waals surface area contributed by atoms with Crippen molar-refractivity contribution in [3.63, 3.8) is 0 Å². The average molecular weight is 350 g/mol. The first kappa shape index (κ1) is 16.1. The van der Waals surface area contributed by atoms with Crippen molar-refractivity contribution in [1.29, 1.82) is 0 Å². The molecule has 0 aliphatic carbocycles. The minimum Gasteiger partial charge on any atom is -0.493 e. The van der Waals surface area contributed by atoms with Gasteiger partial charge in [0.25, 0.3) is 0 Å². The van der Waals surface area contributed by atoms with Crippen molar-refractivity contribution in [2.45, 2.75) is 19.1 Å². The van der Waals surface area contributed by atoms with Crippen molar-refractivity contribution in [2.75, 3.05) is 12.4 Å². The van der Waals surface area contributed by atoms with Gasteiger partial charge in [-0.1, -0.05) is 36.4 Å². The number of hydrogen-bond donors (Lipinski definition) is 1. The number of carbonyl (C=O) groups is 1. The first-order chi connectivity index (χ1) is 12.7. The third kappa shape index (κ3) is 3.11. The zero-order chi connectivity index (χ0) is 17.9. The van der Waals surface area contributed by atoms with Crippen LogP contribution >= 0.6 is 0 Å². The monoisotopic (exact) mass is 350 g/mol. The van der Waals surface area contributed by atoms with Gasteiger partial charge < -0.3 is 9.47 Å². The van der Waals surface area contributed by atoms with Gasteiger partial charge in [-0.25, -0.2) is 4.68 Å². The summed E-state index contributed by atoms with van der Waals surface area (Å²) >= 11 is 0. The van der Waals surface area contributed by atoms with Crippen molar-refractivity contribution in [2.24, 2.45) is 0 Å². The number of ether oxygens (including phenoxy) is 2. The maximum absolute atomic E-state index is 11.9. The lowest BCUT2D eigenvalue weighted by Crippen LogP contribution is -2.29. The van der Waals surface area contributed by atoms with E-state index in [1.165, 1.54) is 6.33 Å². The van der Waals surface area contributed by atoms with Crippen LogP contribution < -0.4 is 14.8 Å². The van der Waals surface area contributed by atoms with Gasteiger partial charge in [-0.15, -0.1) is 0 Å². The third-order valence-corrected chi connectivity index (χ3v) is 4.31. The van der Waals surface area contributed by atoms with E-state index < -0.39 is 0 Å². The Kier molecular flexibility index (Phi) is 4.27. The molecule has 0 spiro atoms. The zero-order valence-electron chi connectivity index (χ0n) is 14.3. The predicted octanol–water partition coefficient (Wildman–Crippen LogP) is 2.80. The van der Waals surface area contributed by atoms with E-state index in [1.54, 1.807) is 11.8 Å². The number of amides is 1. The smallest absolute Gasteiger partial charge is 0.229 e. The molecular formula is C19H18N4O3. The van der Waals surface area contributed by atoms with Gasteiger partial charge in [-0.2, -0.15) is 10.1 Å². The highest BCUT2D eigenvalue weighted by molar-refractivity contribution is 5.91. The van der Waals surface area contributed by atoms with Gasteiger partial charge in [-0.05, 0) is 23.3 Å². The summed E-state index contributed by atoms with van der Waals surface area (Å²) in [5.41, 5.74) is 1.99. The van der Waals surface area contributed by atoms with Gasteiger partial charge >= 0.3 is 0 Å². The molecule has 1 amide bonds. The second kappa shape index (κ2) is 6.87. The normalized spacial score (nSPS) is 15.9. The Hall–Kier alpha value is -3.35. The molecule has 1 aliphatic heterocycles. The number of anilines is 1. The molecule has 7 nitrogen and oxygen atoms in total. The van der Waals surface area contributed by atoms with Gasteiger partial charge in [0.15, 0.2) is 11.5 Å². The van der Waals surface area contributed by atoms with Gasteiger partial charge in [0.2, 0.25) is 11.9 Å². The largest absolute Gasteiger partial charge is 0.493 e. The first-order valence-corrected chi connectivity index (χ1v) is 8.28. The molecule has 0 fully saturated rings. The van der Waals surface area contributed by atoms with Gasteiger partial charge in [-0.3, -0.25) is 10.1 Å². The zero-order valence-corrected chi connectivity index (χ0v) is 14.3. The summed E-state index contributed by atoms with van der Waals surface area (Å²) in [5.74, 6) is 1.64. The summed E-state index contributed by atoms with van der Waals surface area (Å²) in [4.78, 5) is 16.0. The number of benzene rings is 2. The van der Waals surface area contributed by atoms with E-state index in [2.05, 4.69) is 15.4 Å². The Labute approximate surface area is 150 Å². The van der Waals surface area contributed by atoms with Gasteiger partial charge in [0.05, 0.1) is 19.6 Å². The Morgan fingerprint density at radius 2 is 2.04 bits per heavy atom. The molecule has 0 bridgehead atoms. The molecule has 0 unspecified atom stereocenters. The topological polar surface area (TPSA) is 78.3 Å². The molecule has 1 aromatic heterocycles. The van der Waals surface area contributed by atoms with E-state index in [9.17, 15) is 4.79 Å². The number of carbonyl (C=O) groups excluding carboxylic acids is 1. The predicted molar refractivity (Wildman–Crippen MR) is 95.2 cm³/mol. The number of nitrogens with one attached hydrogen (secondary N) is 1. The van der Waals surface area contributed by atoms with E-state index in [0.29, 0.717) is 30.5 Å². The van der Waals surface area contributed by atoms with Crippen LogP contribution in [0.4, 0.5) is 5.95 Å². The van der Waals surface area contributed by atoms with Crippen molar-refractivity contribution in [1.82, 2.24) is 14.8 Å². The lowest BCUT2D eigenvalue weighted by molar-refractivity contribution is -0.117. The SMILES string of the molecule is COc1cc([C@@H]2CC(=O)Nc3ncnn32)ccc1OCc1ccccc1. The molecule has 2 heterocycles. The highest BCUT2D eigenvalue weighted by Crippen LogP contribution is 2.35. The maximum Gasteiger partial charge on any atom is 0.229 e. The number of aromatic nitrogens is 3. The molecule has 7 heteroatoms. The molecule has 26 heavy (non-hydrogen) atoms. The van der Waals surface area contributed by atoms with Crippen LogP contribution in [0.2, 0.25) is 0 Å². The molecule has 0 saturated carbocycles. The van der Waals surface area contributed by atoms with Crippen molar-refractivity contribution < 1.29 is 14.3 Å². The summed E-state index contributed by atoms with van der Waals surface area (Å²) in [6, 6.07) is 15.4. The van der Waals surface area contributed by atoms with Gasteiger partial charge in [0, 0.05) is 0 Å². The van der Waals surface area contributed by atoms with Crippen LogP contribution in [0.3, 0.4) is 0 Å². The number of fused-ring (bicyclic) bond motifs is 1. The molecule has 1 N–H and O–H groups in total. The first-order valence-electron chi connectivity index (χ1n) is 8.28. The summed E-state index contributed by atoms with van der Waals surface area (Å²) in [7, 11) is 1.60. The fraction of sp³-hybridized carbons (Fsp3) is 0.211. The second-order valence-corrected chi connectivity index (χ2v) is 5.98. The molecule has 2 aromatic carbocycles. The average Bonchev–Trinajstić information content (AvgIpc) is 3.14. The minimum atomic E-state index is -0.224. The third-order valence-electron chi connectivity index (χ3n) is 4.31. The maximum atomic E-state index is 11.9. The number of nitrogens with zero attached hydrogens (tertiary/aromatic N) is 3. The number of rotatable bonds is 5.